The summed E-state index contributed by atoms with van der Waals surface area (Å²) in [5, 5.41) is 14.9. The van der Waals surface area contributed by atoms with Gasteiger partial charge in [0.15, 0.2) is 0 Å². The summed E-state index contributed by atoms with van der Waals surface area (Å²) in [6.45, 7) is 5.34. The third kappa shape index (κ3) is 3.84. The average molecular weight is 282 g/mol. The van der Waals surface area contributed by atoms with Gasteiger partial charge < -0.3 is 14.8 Å². The summed E-state index contributed by atoms with van der Waals surface area (Å²) in [4.78, 5) is 23.1. The van der Waals surface area contributed by atoms with Crippen molar-refractivity contribution in [2.45, 2.75) is 45.2 Å². The first kappa shape index (κ1) is 16.2. The van der Waals surface area contributed by atoms with E-state index in [9.17, 15) is 14.7 Å². The minimum atomic E-state index is -1.05. The van der Waals surface area contributed by atoms with Crippen molar-refractivity contribution in [2.24, 2.45) is 0 Å². The molecule has 112 valence electrons. The maximum absolute atomic E-state index is 11.8. The lowest BCUT2D eigenvalue weighted by Gasteiger charge is -2.28. The Bertz CT molecular complexity index is 438. The summed E-state index contributed by atoms with van der Waals surface area (Å²) in [7, 11) is 0. The van der Waals surface area contributed by atoms with E-state index in [2.05, 4.69) is 10.6 Å². The van der Waals surface area contributed by atoms with Crippen LogP contribution in [0.25, 0.3) is 0 Å². The van der Waals surface area contributed by atoms with E-state index in [-0.39, 0.29) is 18.5 Å². The second kappa shape index (κ2) is 7.09. The largest absolute Gasteiger partial charge is 0.480 e. The first-order valence-corrected chi connectivity index (χ1v) is 6.76. The van der Waals surface area contributed by atoms with Crippen LogP contribution in [0.4, 0.5) is 0 Å². The molecule has 6 heteroatoms. The molecule has 0 aliphatic carbocycles. The van der Waals surface area contributed by atoms with Crippen molar-refractivity contribution >= 4 is 11.9 Å². The van der Waals surface area contributed by atoms with Gasteiger partial charge in [-0.2, -0.15) is 0 Å². The number of rotatable bonds is 8. The van der Waals surface area contributed by atoms with Gasteiger partial charge in [0.2, 0.25) is 5.91 Å². The van der Waals surface area contributed by atoms with E-state index in [1.807, 2.05) is 0 Å². The third-order valence-corrected chi connectivity index (χ3v) is 3.55. The molecule has 0 aromatic carbocycles. The highest BCUT2D eigenvalue weighted by Gasteiger charge is 2.34. The molecule has 6 nitrogen and oxygen atoms in total. The Morgan fingerprint density at radius 1 is 1.40 bits per heavy atom. The van der Waals surface area contributed by atoms with Gasteiger partial charge in [-0.1, -0.05) is 13.8 Å². The fraction of sp³-hybridized carbons (Fsp3) is 0.571. The van der Waals surface area contributed by atoms with E-state index in [0.29, 0.717) is 18.6 Å². The van der Waals surface area contributed by atoms with Gasteiger partial charge in [-0.05, 0) is 31.9 Å². The molecule has 0 fully saturated rings. The molecule has 1 amide bonds. The van der Waals surface area contributed by atoms with Crippen molar-refractivity contribution in [3.63, 3.8) is 0 Å². The molecule has 1 rings (SSSR count). The second-order valence-electron chi connectivity index (χ2n) is 4.75. The molecule has 0 radical (unpaired) electrons. The van der Waals surface area contributed by atoms with Gasteiger partial charge in [-0.3, -0.25) is 14.9 Å². The minimum Gasteiger partial charge on any atom is -0.480 e. The quantitative estimate of drug-likeness (QED) is 0.675. The van der Waals surface area contributed by atoms with Gasteiger partial charge in [-0.25, -0.2) is 0 Å². The zero-order valence-electron chi connectivity index (χ0n) is 12.1. The molecule has 1 atom stereocenters. The van der Waals surface area contributed by atoms with Crippen molar-refractivity contribution in [2.75, 3.05) is 6.54 Å². The monoisotopic (exact) mass is 282 g/mol. The standard InChI is InChI=1S/C14H22N2O4/c1-4-14(5-2,13(18)19)15-9-12(17)16-10(3)11-7-6-8-20-11/h6-8,10,15H,4-5,9H2,1-3H3,(H,16,17)(H,18,19). The molecule has 1 unspecified atom stereocenters. The number of carboxylic acid groups (broad SMARTS) is 1. The average Bonchev–Trinajstić information content (AvgIpc) is 2.94. The summed E-state index contributed by atoms with van der Waals surface area (Å²) in [5.74, 6) is -0.537. The highest BCUT2D eigenvalue weighted by atomic mass is 16.4. The zero-order chi connectivity index (χ0) is 15.2. The Kier molecular flexibility index (Phi) is 5.76. The van der Waals surface area contributed by atoms with E-state index in [4.69, 9.17) is 4.42 Å². The molecule has 0 saturated heterocycles. The number of aliphatic carboxylic acids is 1. The van der Waals surface area contributed by atoms with Crippen molar-refractivity contribution in [1.82, 2.24) is 10.6 Å². The van der Waals surface area contributed by atoms with Crippen molar-refractivity contribution in [3.05, 3.63) is 24.2 Å². The van der Waals surface area contributed by atoms with E-state index in [1.165, 1.54) is 0 Å². The predicted octanol–water partition coefficient (Wildman–Crippen LogP) is 1.69. The SMILES string of the molecule is CCC(CC)(NCC(=O)NC(C)c1ccco1)C(=O)O. The van der Waals surface area contributed by atoms with Crippen LogP contribution in [0.2, 0.25) is 0 Å². The fourth-order valence-electron chi connectivity index (χ4n) is 2.03. The fourth-order valence-corrected chi connectivity index (χ4v) is 2.03. The Morgan fingerprint density at radius 2 is 2.05 bits per heavy atom. The maximum Gasteiger partial charge on any atom is 0.323 e. The molecule has 1 heterocycles. The van der Waals surface area contributed by atoms with Crippen LogP contribution in [0.1, 0.15) is 45.4 Å². The molecule has 0 aliphatic rings. The van der Waals surface area contributed by atoms with Crippen LogP contribution in [-0.4, -0.2) is 29.1 Å². The molecule has 0 bridgehead atoms. The van der Waals surface area contributed by atoms with Gasteiger partial charge in [0.1, 0.15) is 11.3 Å². The summed E-state index contributed by atoms with van der Waals surface area (Å²) in [5.41, 5.74) is -1.05. The molecule has 1 aromatic heterocycles. The Morgan fingerprint density at radius 3 is 2.50 bits per heavy atom. The number of amides is 1. The molecule has 0 saturated carbocycles. The lowest BCUT2D eigenvalue weighted by molar-refractivity contribution is -0.145. The lowest BCUT2D eigenvalue weighted by atomic mass is 9.93. The third-order valence-electron chi connectivity index (χ3n) is 3.55. The van der Waals surface area contributed by atoms with E-state index >= 15 is 0 Å². The predicted molar refractivity (Wildman–Crippen MR) is 74.2 cm³/mol. The molecule has 1 aromatic rings. The van der Waals surface area contributed by atoms with Gasteiger partial charge in [0.05, 0.1) is 18.8 Å². The van der Waals surface area contributed by atoms with Crippen molar-refractivity contribution in [3.8, 4) is 0 Å². The molecular formula is C14H22N2O4. The Hall–Kier alpha value is -1.82. The molecule has 0 spiro atoms. The zero-order valence-corrected chi connectivity index (χ0v) is 12.1. The van der Waals surface area contributed by atoms with Crippen molar-refractivity contribution in [1.29, 1.82) is 0 Å². The summed E-state index contributed by atoms with van der Waals surface area (Å²) >= 11 is 0. The Labute approximate surface area is 118 Å². The van der Waals surface area contributed by atoms with Gasteiger partial charge in [-0.15, -0.1) is 0 Å². The number of carboxylic acids is 1. The number of furan rings is 1. The van der Waals surface area contributed by atoms with Crippen LogP contribution >= 0.6 is 0 Å². The van der Waals surface area contributed by atoms with Gasteiger partial charge >= 0.3 is 5.97 Å². The van der Waals surface area contributed by atoms with Crippen LogP contribution < -0.4 is 10.6 Å². The normalized spacial score (nSPS) is 12.9. The molecule has 3 N–H and O–H groups in total. The number of carbonyl (C=O) groups excluding carboxylic acids is 1. The van der Waals surface area contributed by atoms with Crippen LogP contribution in [0.3, 0.4) is 0 Å². The van der Waals surface area contributed by atoms with Gasteiger partial charge in [0.25, 0.3) is 0 Å². The van der Waals surface area contributed by atoms with Crippen LogP contribution in [-0.2, 0) is 9.59 Å². The van der Waals surface area contributed by atoms with Crippen LogP contribution in [0.5, 0.6) is 0 Å². The smallest absolute Gasteiger partial charge is 0.323 e. The molecular weight excluding hydrogens is 260 g/mol. The second-order valence-corrected chi connectivity index (χ2v) is 4.75. The number of carbonyl (C=O) groups is 2. The lowest BCUT2D eigenvalue weighted by Crippen LogP contribution is -2.54. The maximum atomic E-state index is 11.8. The topological polar surface area (TPSA) is 91.6 Å². The van der Waals surface area contributed by atoms with Crippen molar-refractivity contribution < 1.29 is 19.1 Å². The highest BCUT2D eigenvalue weighted by molar-refractivity contribution is 5.82. The van der Waals surface area contributed by atoms with E-state index in [1.54, 1.807) is 39.2 Å². The summed E-state index contributed by atoms with van der Waals surface area (Å²) in [6.07, 6.45) is 2.37. The number of hydrogen-bond donors (Lipinski definition) is 3. The first-order valence-electron chi connectivity index (χ1n) is 6.76. The number of hydrogen-bond acceptors (Lipinski definition) is 4. The summed E-state index contributed by atoms with van der Waals surface area (Å²) in [6, 6.07) is 3.28. The number of nitrogens with one attached hydrogen (secondary N) is 2. The van der Waals surface area contributed by atoms with E-state index < -0.39 is 11.5 Å². The molecule has 0 aliphatic heterocycles. The Balaban J connectivity index is 2.52. The highest BCUT2D eigenvalue weighted by Crippen LogP contribution is 2.15. The molecule has 20 heavy (non-hydrogen) atoms. The summed E-state index contributed by atoms with van der Waals surface area (Å²) < 4.78 is 5.19. The minimum absolute atomic E-state index is 0.0426. The van der Waals surface area contributed by atoms with E-state index in [0.717, 1.165) is 0 Å². The van der Waals surface area contributed by atoms with Gasteiger partial charge in [0, 0.05) is 0 Å². The first-order chi connectivity index (χ1) is 9.45. The van der Waals surface area contributed by atoms with Crippen LogP contribution in [0.15, 0.2) is 22.8 Å². The van der Waals surface area contributed by atoms with Crippen LogP contribution in [0, 0.1) is 0 Å².